The molecule has 194 valence electrons. The Morgan fingerprint density at radius 2 is 2.00 bits per heavy atom. The maximum atomic E-state index is 14.5. The van der Waals surface area contributed by atoms with Crippen molar-refractivity contribution in [3.63, 3.8) is 0 Å². The van der Waals surface area contributed by atoms with E-state index in [-0.39, 0.29) is 30.4 Å². The number of carbonyl (C=O) groups is 2. The predicted molar refractivity (Wildman–Crippen MR) is 134 cm³/mol. The summed E-state index contributed by atoms with van der Waals surface area (Å²) in [5.41, 5.74) is 6.27. The number of anilines is 2. The van der Waals surface area contributed by atoms with Crippen LogP contribution in [0.15, 0.2) is 42.7 Å². The van der Waals surface area contributed by atoms with E-state index in [9.17, 15) is 18.4 Å². The summed E-state index contributed by atoms with van der Waals surface area (Å²) in [5, 5.41) is 2.63. The van der Waals surface area contributed by atoms with Gasteiger partial charge >= 0.3 is 0 Å². The predicted octanol–water partition coefficient (Wildman–Crippen LogP) is 4.11. The second kappa shape index (κ2) is 10.6. The van der Waals surface area contributed by atoms with Gasteiger partial charge in [-0.3, -0.25) is 9.59 Å². The van der Waals surface area contributed by atoms with Crippen molar-refractivity contribution < 1.29 is 27.8 Å². The first kappa shape index (κ1) is 26.1. The van der Waals surface area contributed by atoms with Gasteiger partial charge in [0.15, 0.2) is 17.3 Å². The second-order valence-corrected chi connectivity index (χ2v) is 8.93. The summed E-state index contributed by atoms with van der Waals surface area (Å²) in [6.45, 7) is 5.48. The van der Waals surface area contributed by atoms with Crippen molar-refractivity contribution in [1.29, 1.82) is 0 Å². The minimum Gasteiger partial charge on any atom is -0.493 e. The molecule has 0 spiro atoms. The third-order valence-corrected chi connectivity index (χ3v) is 6.36. The monoisotopic (exact) mass is 531 g/mol. The normalized spacial score (nSPS) is 17.4. The van der Waals surface area contributed by atoms with E-state index in [0.717, 1.165) is 6.07 Å². The standard InChI is InChI=1S/C25H24ClF2N5O4/c1-12(2)25(35)33-7-6-13(8-18(33)23(29)34)37-20-9-14-17(10-19(20)36-3)30-11-31-24(14)32-16-5-4-15(27)21(26)22(16)28/h4-5,9-11,13,18H,1,6-8H2,2-3H3,(H2,29,34)(H,30,31,32)/t13-,18-/m1/s1. The number of likely N-dealkylation sites (tertiary alicyclic amines) is 1. The van der Waals surface area contributed by atoms with Gasteiger partial charge in [0.25, 0.3) is 0 Å². The van der Waals surface area contributed by atoms with Crippen LogP contribution in [0, 0.1) is 11.6 Å². The van der Waals surface area contributed by atoms with Crippen LogP contribution in [0.2, 0.25) is 5.02 Å². The summed E-state index contributed by atoms with van der Waals surface area (Å²) in [6, 6.07) is 4.62. The Hall–Kier alpha value is -3.99. The highest BCUT2D eigenvalue weighted by atomic mass is 35.5. The van der Waals surface area contributed by atoms with Crippen molar-refractivity contribution in [2.24, 2.45) is 5.73 Å². The number of ether oxygens (including phenoxy) is 2. The summed E-state index contributed by atoms with van der Waals surface area (Å²) >= 11 is 5.70. The zero-order valence-corrected chi connectivity index (χ0v) is 20.8. The fourth-order valence-electron chi connectivity index (χ4n) is 4.14. The third kappa shape index (κ3) is 5.26. The first-order valence-corrected chi connectivity index (χ1v) is 11.6. The summed E-state index contributed by atoms with van der Waals surface area (Å²) < 4.78 is 39.8. The number of hydrogen-bond acceptors (Lipinski definition) is 7. The maximum absolute atomic E-state index is 14.5. The third-order valence-electron chi connectivity index (χ3n) is 6.01. The van der Waals surface area contributed by atoms with Crippen molar-refractivity contribution in [2.75, 3.05) is 19.0 Å². The summed E-state index contributed by atoms with van der Waals surface area (Å²) in [7, 11) is 1.46. The molecule has 3 aromatic rings. The van der Waals surface area contributed by atoms with Crippen molar-refractivity contribution in [3.8, 4) is 11.5 Å². The number of methoxy groups -OCH3 is 1. The highest BCUT2D eigenvalue weighted by molar-refractivity contribution is 6.31. The van der Waals surface area contributed by atoms with Gasteiger partial charge in [-0.05, 0) is 25.1 Å². The highest BCUT2D eigenvalue weighted by Crippen LogP contribution is 2.37. The quantitative estimate of drug-likeness (QED) is 0.348. The van der Waals surface area contributed by atoms with E-state index in [0.29, 0.717) is 34.4 Å². The number of amides is 2. The van der Waals surface area contributed by atoms with Crippen LogP contribution < -0.4 is 20.5 Å². The molecule has 0 bridgehead atoms. The lowest BCUT2D eigenvalue weighted by molar-refractivity contribution is -0.139. The van der Waals surface area contributed by atoms with E-state index >= 15 is 0 Å². The van der Waals surface area contributed by atoms with E-state index < -0.39 is 34.7 Å². The number of carbonyl (C=O) groups excluding carboxylic acids is 2. The maximum Gasteiger partial charge on any atom is 0.249 e. The lowest BCUT2D eigenvalue weighted by Crippen LogP contribution is -2.54. The Bertz CT molecular complexity index is 1400. The topological polar surface area (TPSA) is 120 Å². The second-order valence-electron chi connectivity index (χ2n) is 8.55. The molecule has 2 amide bonds. The van der Waals surface area contributed by atoms with Gasteiger partial charge in [-0.1, -0.05) is 18.2 Å². The van der Waals surface area contributed by atoms with Gasteiger partial charge < -0.3 is 25.4 Å². The molecule has 37 heavy (non-hydrogen) atoms. The number of nitrogens with two attached hydrogens (primary N) is 1. The van der Waals surface area contributed by atoms with Gasteiger partial charge in [-0.25, -0.2) is 18.7 Å². The van der Waals surface area contributed by atoms with Gasteiger partial charge in [0.2, 0.25) is 11.8 Å². The van der Waals surface area contributed by atoms with Crippen molar-refractivity contribution in [2.45, 2.75) is 31.9 Å². The Labute approximate surface area is 216 Å². The molecule has 0 aliphatic carbocycles. The molecule has 1 aliphatic heterocycles. The molecule has 1 aliphatic rings. The smallest absolute Gasteiger partial charge is 0.249 e. The Morgan fingerprint density at radius 1 is 1.24 bits per heavy atom. The van der Waals surface area contributed by atoms with Gasteiger partial charge in [0.1, 0.15) is 35.1 Å². The molecule has 0 unspecified atom stereocenters. The Morgan fingerprint density at radius 3 is 2.68 bits per heavy atom. The van der Waals surface area contributed by atoms with Gasteiger partial charge in [0, 0.05) is 36.4 Å². The SMILES string of the molecule is C=C(C)C(=O)N1CC[C@@H](Oc2cc3c(Nc4ccc(F)c(Cl)c4F)ncnc3cc2OC)C[C@@H]1C(N)=O. The van der Waals surface area contributed by atoms with E-state index in [1.165, 1.54) is 24.4 Å². The van der Waals surface area contributed by atoms with Crippen LogP contribution in [0.1, 0.15) is 19.8 Å². The van der Waals surface area contributed by atoms with Crippen molar-refractivity contribution in [3.05, 3.63) is 59.4 Å². The largest absolute Gasteiger partial charge is 0.493 e. The Balaban J connectivity index is 1.65. The van der Waals surface area contributed by atoms with Crippen LogP contribution in [0.3, 0.4) is 0 Å². The van der Waals surface area contributed by atoms with Gasteiger partial charge in [-0.2, -0.15) is 0 Å². The molecule has 4 rings (SSSR count). The number of hydrogen-bond donors (Lipinski definition) is 2. The highest BCUT2D eigenvalue weighted by Gasteiger charge is 2.36. The van der Waals surface area contributed by atoms with E-state index in [4.69, 9.17) is 26.8 Å². The lowest BCUT2D eigenvalue weighted by atomic mass is 9.97. The molecule has 12 heteroatoms. The Kier molecular flexibility index (Phi) is 7.44. The van der Waals surface area contributed by atoms with Crippen LogP contribution in [0.25, 0.3) is 10.9 Å². The van der Waals surface area contributed by atoms with E-state index in [2.05, 4.69) is 21.9 Å². The van der Waals surface area contributed by atoms with Gasteiger partial charge in [0.05, 0.1) is 18.3 Å². The van der Waals surface area contributed by atoms with Crippen LogP contribution in [-0.2, 0) is 9.59 Å². The number of nitrogens with one attached hydrogen (secondary N) is 1. The van der Waals surface area contributed by atoms with E-state index in [1.807, 2.05) is 0 Å². The number of aromatic nitrogens is 2. The molecule has 1 saturated heterocycles. The van der Waals surface area contributed by atoms with Crippen LogP contribution in [-0.4, -0.2) is 52.5 Å². The van der Waals surface area contributed by atoms with Gasteiger partial charge in [-0.15, -0.1) is 0 Å². The fraction of sp³-hybridized carbons (Fsp3) is 0.280. The van der Waals surface area contributed by atoms with Crippen LogP contribution in [0.5, 0.6) is 11.5 Å². The minimum atomic E-state index is -0.966. The minimum absolute atomic E-state index is 0.0801. The summed E-state index contributed by atoms with van der Waals surface area (Å²) in [4.78, 5) is 34.4. The summed E-state index contributed by atoms with van der Waals surface area (Å²) in [6.07, 6.45) is 1.41. The van der Waals surface area contributed by atoms with Crippen LogP contribution in [0.4, 0.5) is 20.3 Å². The van der Waals surface area contributed by atoms with Crippen molar-refractivity contribution >= 4 is 45.8 Å². The molecule has 2 atom stereocenters. The average Bonchev–Trinajstić information content (AvgIpc) is 2.88. The zero-order chi connectivity index (χ0) is 26.9. The molecule has 3 N–H and O–H groups in total. The molecule has 0 saturated carbocycles. The number of benzene rings is 2. The molecular formula is C25H24ClF2N5O4. The molecule has 1 fully saturated rings. The molecule has 0 radical (unpaired) electrons. The molecule has 2 aromatic carbocycles. The first-order valence-electron chi connectivity index (χ1n) is 11.3. The molecule has 2 heterocycles. The van der Waals surface area contributed by atoms with E-state index in [1.54, 1.807) is 19.1 Å². The number of rotatable bonds is 7. The molecule has 1 aromatic heterocycles. The first-order chi connectivity index (χ1) is 17.6. The summed E-state index contributed by atoms with van der Waals surface area (Å²) in [5.74, 6) is -1.94. The number of fused-ring (bicyclic) bond motifs is 1. The number of primary amides is 1. The van der Waals surface area contributed by atoms with Crippen LogP contribution >= 0.6 is 11.6 Å². The average molecular weight is 532 g/mol. The fourth-order valence-corrected chi connectivity index (χ4v) is 4.31. The number of halogens is 3. The molecule has 9 nitrogen and oxygen atoms in total. The molecular weight excluding hydrogens is 508 g/mol. The number of piperidine rings is 1. The lowest BCUT2D eigenvalue weighted by Gasteiger charge is -2.38. The number of nitrogens with zero attached hydrogens (tertiary/aromatic N) is 3. The van der Waals surface area contributed by atoms with Crippen molar-refractivity contribution in [1.82, 2.24) is 14.9 Å². The zero-order valence-electron chi connectivity index (χ0n) is 20.1.